The van der Waals surface area contributed by atoms with E-state index in [1.807, 2.05) is 7.05 Å². The minimum Gasteiger partial charge on any atom is -0.357 e. The number of anilines is 1. The average Bonchev–Trinajstić information content (AvgIpc) is 2.71. The summed E-state index contributed by atoms with van der Waals surface area (Å²) in [5.41, 5.74) is 0. The maximum absolute atomic E-state index is 6.02. The van der Waals surface area contributed by atoms with E-state index in [-0.39, 0.29) is 0 Å². The first kappa shape index (κ1) is 10.6. The number of hydrogen-bond donors (Lipinski definition) is 1. The lowest BCUT2D eigenvalue weighted by atomic mass is 10.2. The number of hydrogen-bond acceptors (Lipinski definition) is 4. The summed E-state index contributed by atoms with van der Waals surface area (Å²) in [6, 6.07) is 0.557. The van der Waals surface area contributed by atoms with Gasteiger partial charge in [-0.25, -0.2) is 9.97 Å². The van der Waals surface area contributed by atoms with Crippen molar-refractivity contribution < 1.29 is 0 Å². The van der Waals surface area contributed by atoms with Crippen LogP contribution in [0.4, 0.5) is 5.82 Å². The van der Waals surface area contributed by atoms with E-state index in [4.69, 9.17) is 11.6 Å². The summed E-state index contributed by atoms with van der Waals surface area (Å²) >= 11 is 6.02. The van der Waals surface area contributed by atoms with Crippen LogP contribution in [0.25, 0.3) is 0 Å². The van der Waals surface area contributed by atoms with Crippen LogP contribution >= 0.6 is 11.6 Å². The van der Waals surface area contributed by atoms with Gasteiger partial charge in [0.05, 0.1) is 6.20 Å². The van der Waals surface area contributed by atoms with Crippen molar-refractivity contribution in [3.8, 4) is 0 Å². The SMILES string of the molecule is CN(CC1CCCN1)c1ncncc1Cl. The van der Waals surface area contributed by atoms with Crippen molar-refractivity contribution in [2.45, 2.75) is 18.9 Å². The zero-order valence-corrected chi connectivity index (χ0v) is 9.54. The van der Waals surface area contributed by atoms with Gasteiger partial charge < -0.3 is 10.2 Å². The van der Waals surface area contributed by atoms with Gasteiger partial charge in [-0.2, -0.15) is 0 Å². The molecule has 1 N–H and O–H groups in total. The normalized spacial score (nSPS) is 20.5. The molecule has 82 valence electrons. The number of rotatable bonds is 3. The molecule has 1 aromatic rings. The largest absolute Gasteiger partial charge is 0.357 e. The van der Waals surface area contributed by atoms with Gasteiger partial charge in [-0.3, -0.25) is 0 Å². The summed E-state index contributed by atoms with van der Waals surface area (Å²) in [7, 11) is 2.01. The molecule has 0 amide bonds. The predicted molar refractivity (Wildman–Crippen MR) is 61.3 cm³/mol. The summed E-state index contributed by atoms with van der Waals surface area (Å²) < 4.78 is 0. The van der Waals surface area contributed by atoms with E-state index < -0.39 is 0 Å². The minimum atomic E-state index is 0.557. The van der Waals surface area contributed by atoms with Gasteiger partial charge in [0.2, 0.25) is 0 Å². The molecule has 0 spiro atoms. The summed E-state index contributed by atoms with van der Waals surface area (Å²) in [6.07, 6.45) is 5.64. The summed E-state index contributed by atoms with van der Waals surface area (Å²) in [5.74, 6) is 0.806. The van der Waals surface area contributed by atoms with E-state index in [1.165, 1.54) is 19.2 Å². The summed E-state index contributed by atoms with van der Waals surface area (Å²) in [4.78, 5) is 10.1. The lowest BCUT2D eigenvalue weighted by molar-refractivity contribution is 0.597. The Balaban J connectivity index is 2.00. The number of halogens is 1. The number of nitrogens with zero attached hydrogens (tertiary/aromatic N) is 3. The molecule has 2 heterocycles. The summed E-state index contributed by atoms with van der Waals surface area (Å²) in [6.45, 7) is 2.06. The first-order valence-electron chi connectivity index (χ1n) is 5.17. The van der Waals surface area contributed by atoms with Crippen LogP contribution in [0.15, 0.2) is 12.5 Å². The van der Waals surface area contributed by atoms with E-state index in [0.717, 1.165) is 18.9 Å². The lowest BCUT2D eigenvalue weighted by Crippen LogP contribution is -2.35. The first-order valence-corrected chi connectivity index (χ1v) is 5.55. The zero-order chi connectivity index (χ0) is 10.7. The Labute approximate surface area is 94.7 Å². The highest BCUT2D eigenvalue weighted by molar-refractivity contribution is 6.32. The average molecular weight is 227 g/mol. The lowest BCUT2D eigenvalue weighted by Gasteiger charge is -2.22. The van der Waals surface area contributed by atoms with E-state index in [2.05, 4.69) is 20.2 Å². The third-order valence-corrected chi connectivity index (χ3v) is 2.93. The van der Waals surface area contributed by atoms with Gasteiger partial charge in [0, 0.05) is 19.6 Å². The molecule has 0 radical (unpaired) electrons. The van der Waals surface area contributed by atoms with E-state index in [0.29, 0.717) is 11.1 Å². The fourth-order valence-electron chi connectivity index (χ4n) is 1.92. The van der Waals surface area contributed by atoms with Crippen LogP contribution in [0.5, 0.6) is 0 Å². The molecule has 5 heteroatoms. The second-order valence-electron chi connectivity index (χ2n) is 3.87. The Morgan fingerprint density at radius 3 is 3.20 bits per heavy atom. The van der Waals surface area contributed by atoms with E-state index >= 15 is 0 Å². The van der Waals surface area contributed by atoms with Crippen molar-refractivity contribution in [1.29, 1.82) is 0 Å². The van der Waals surface area contributed by atoms with Gasteiger partial charge in [0.25, 0.3) is 0 Å². The Bertz CT molecular complexity index is 325. The molecule has 0 aromatic carbocycles. The molecule has 0 saturated carbocycles. The number of aromatic nitrogens is 2. The van der Waals surface area contributed by atoms with Crippen LogP contribution < -0.4 is 10.2 Å². The van der Waals surface area contributed by atoms with Crippen LogP contribution in [0, 0.1) is 0 Å². The predicted octanol–water partition coefficient (Wildman–Crippen LogP) is 1.32. The van der Waals surface area contributed by atoms with Gasteiger partial charge >= 0.3 is 0 Å². The van der Waals surface area contributed by atoms with Crippen LogP contribution in [-0.2, 0) is 0 Å². The Hall–Kier alpha value is -0.870. The van der Waals surface area contributed by atoms with Crippen molar-refractivity contribution in [2.75, 3.05) is 25.0 Å². The molecule has 1 atom stereocenters. The smallest absolute Gasteiger partial charge is 0.150 e. The summed E-state index contributed by atoms with van der Waals surface area (Å²) in [5, 5.41) is 4.06. The molecule has 1 saturated heterocycles. The molecule has 1 aliphatic heterocycles. The maximum atomic E-state index is 6.02. The molecule has 1 unspecified atom stereocenters. The van der Waals surface area contributed by atoms with Gasteiger partial charge in [-0.15, -0.1) is 0 Å². The van der Waals surface area contributed by atoms with E-state index in [9.17, 15) is 0 Å². The van der Waals surface area contributed by atoms with Crippen LogP contribution in [-0.4, -0.2) is 36.1 Å². The van der Waals surface area contributed by atoms with E-state index in [1.54, 1.807) is 6.20 Å². The highest BCUT2D eigenvalue weighted by Gasteiger charge is 2.17. The van der Waals surface area contributed by atoms with Crippen LogP contribution in [0.1, 0.15) is 12.8 Å². The molecule has 4 nitrogen and oxygen atoms in total. The van der Waals surface area contributed by atoms with Gasteiger partial charge in [0.1, 0.15) is 11.3 Å². The van der Waals surface area contributed by atoms with Crippen molar-refractivity contribution in [3.63, 3.8) is 0 Å². The second-order valence-corrected chi connectivity index (χ2v) is 4.28. The molecule has 1 aliphatic rings. The molecule has 1 fully saturated rings. The van der Waals surface area contributed by atoms with Crippen LogP contribution in [0.2, 0.25) is 5.02 Å². The molecule has 0 bridgehead atoms. The van der Waals surface area contributed by atoms with Gasteiger partial charge in [0.15, 0.2) is 5.82 Å². The number of nitrogens with one attached hydrogen (secondary N) is 1. The fraction of sp³-hybridized carbons (Fsp3) is 0.600. The third kappa shape index (κ3) is 2.58. The maximum Gasteiger partial charge on any atom is 0.150 e. The quantitative estimate of drug-likeness (QED) is 0.844. The first-order chi connectivity index (χ1) is 7.27. The molecular weight excluding hydrogens is 212 g/mol. The molecule has 1 aromatic heterocycles. The molecule has 0 aliphatic carbocycles. The fourth-order valence-corrected chi connectivity index (χ4v) is 2.17. The van der Waals surface area contributed by atoms with Crippen molar-refractivity contribution in [2.24, 2.45) is 0 Å². The zero-order valence-electron chi connectivity index (χ0n) is 8.78. The topological polar surface area (TPSA) is 41.0 Å². The highest BCUT2D eigenvalue weighted by atomic mass is 35.5. The van der Waals surface area contributed by atoms with Gasteiger partial charge in [-0.05, 0) is 19.4 Å². The number of likely N-dealkylation sites (N-methyl/N-ethyl adjacent to an activating group) is 1. The minimum absolute atomic E-state index is 0.557. The van der Waals surface area contributed by atoms with Crippen molar-refractivity contribution in [1.82, 2.24) is 15.3 Å². The standard InChI is InChI=1S/C10H15ClN4/c1-15(6-8-3-2-4-13-8)10-9(11)5-12-7-14-10/h5,7-8,13H,2-4,6H2,1H3. The Kier molecular flexibility index (Phi) is 3.38. The monoisotopic (exact) mass is 226 g/mol. The van der Waals surface area contributed by atoms with Crippen molar-refractivity contribution in [3.05, 3.63) is 17.5 Å². The van der Waals surface area contributed by atoms with Crippen LogP contribution in [0.3, 0.4) is 0 Å². The second kappa shape index (κ2) is 4.77. The third-order valence-electron chi connectivity index (χ3n) is 2.67. The van der Waals surface area contributed by atoms with Crippen molar-refractivity contribution >= 4 is 17.4 Å². The van der Waals surface area contributed by atoms with Gasteiger partial charge in [-0.1, -0.05) is 11.6 Å². The molecular formula is C10H15ClN4. The Morgan fingerprint density at radius 1 is 1.67 bits per heavy atom. The molecule has 15 heavy (non-hydrogen) atoms. The Morgan fingerprint density at radius 2 is 2.53 bits per heavy atom. The molecule has 2 rings (SSSR count). The highest BCUT2D eigenvalue weighted by Crippen LogP contribution is 2.20.